The van der Waals surface area contributed by atoms with Gasteiger partial charge in [-0.25, -0.2) is 0 Å². The molecule has 4 rings (SSSR count). The number of rotatable bonds is 4. The largest absolute Gasteiger partial charge is 0.548 e. The number of nitrogens with zero attached hydrogens (tertiary/aromatic N) is 1. The molecule has 2 amide bonds. The Morgan fingerprint density at radius 2 is 1.86 bits per heavy atom. The zero-order valence-electron chi connectivity index (χ0n) is 15.5. The second kappa shape index (κ2) is 7.31. The highest BCUT2D eigenvalue weighted by Gasteiger charge is 2.34. The predicted molar refractivity (Wildman–Crippen MR) is 99.3 cm³/mol. The van der Waals surface area contributed by atoms with Crippen LogP contribution in [0.4, 0.5) is 0 Å². The summed E-state index contributed by atoms with van der Waals surface area (Å²) in [4.78, 5) is 37.2. The van der Waals surface area contributed by atoms with Gasteiger partial charge >= 0.3 is 0 Å². The lowest BCUT2D eigenvalue weighted by atomic mass is 9.92. The van der Waals surface area contributed by atoms with Crippen molar-refractivity contribution in [3.63, 3.8) is 0 Å². The van der Waals surface area contributed by atoms with Gasteiger partial charge in [0.25, 0.3) is 11.8 Å². The fourth-order valence-electron chi connectivity index (χ4n) is 3.36. The van der Waals surface area contributed by atoms with Gasteiger partial charge in [-0.05, 0) is 35.4 Å². The van der Waals surface area contributed by atoms with Crippen molar-refractivity contribution in [3.8, 4) is 17.2 Å². The van der Waals surface area contributed by atoms with Crippen molar-refractivity contribution in [2.24, 2.45) is 0 Å². The summed E-state index contributed by atoms with van der Waals surface area (Å²) >= 11 is 0. The average molecular weight is 394 g/mol. The van der Waals surface area contributed by atoms with E-state index in [0.717, 1.165) is 0 Å². The highest BCUT2D eigenvalue weighted by Crippen LogP contribution is 2.41. The molecule has 2 heterocycles. The van der Waals surface area contributed by atoms with Gasteiger partial charge in [0.2, 0.25) is 5.75 Å². The molecule has 2 aliphatic rings. The highest BCUT2D eigenvalue weighted by molar-refractivity contribution is 6.34. The molecule has 0 fully saturated rings. The maximum atomic E-state index is 12.9. The van der Waals surface area contributed by atoms with Gasteiger partial charge in [0.1, 0.15) is 13.2 Å². The number of methoxy groups -OCH3 is 1. The maximum absolute atomic E-state index is 12.9. The van der Waals surface area contributed by atoms with Crippen molar-refractivity contribution in [2.45, 2.75) is 0 Å². The van der Waals surface area contributed by atoms with E-state index >= 15 is 0 Å². The highest BCUT2D eigenvalue weighted by atomic mass is 16.6. The number of aliphatic carboxylic acids is 1. The summed E-state index contributed by atoms with van der Waals surface area (Å²) in [6, 6.07) is 9.91. The Balaban J connectivity index is 1.85. The maximum Gasteiger partial charge on any atom is 0.261 e. The van der Waals surface area contributed by atoms with Crippen molar-refractivity contribution in [3.05, 3.63) is 53.1 Å². The van der Waals surface area contributed by atoms with E-state index in [9.17, 15) is 19.5 Å². The van der Waals surface area contributed by atoms with E-state index in [0.29, 0.717) is 46.5 Å². The number of hydrogen-bond donors (Lipinski definition) is 0. The van der Waals surface area contributed by atoms with Gasteiger partial charge in [-0.3, -0.25) is 14.5 Å². The smallest absolute Gasteiger partial charge is 0.261 e. The molecule has 0 saturated carbocycles. The molecule has 0 unspecified atom stereocenters. The van der Waals surface area contributed by atoms with E-state index < -0.39 is 24.3 Å². The van der Waals surface area contributed by atoms with Gasteiger partial charge in [-0.15, -0.1) is 0 Å². The third-order valence-corrected chi connectivity index (χ3v) is 4.62. The Labute approximate surface area is 165 Å². The minimum absolute atomic E-state index is 0.181. The van der Waals surface area contributed by atoms with Crippen LogP contribution in [0.15, 0.2) is 36.4 Å². The van der Waals surface area contributed by atoms with E-state index in [1.165, 1.54) is 7.11 Å². The number of ether oxygens (including phenoxy) is 3. The third-order valence-electron chi connectivity index (χ3n) is 4.62. The Morgan fingerprint density at radius 3 is 2.59 bits per heavy atom. The molecule has 8 heteroatoms. The normalized spacial score (nSPS) is 16.6. The van der Waals surface area contributed by atoms with E-state index in [4.69, 9.17) is 14.2 Å². The van der Waals surface area contributed by atoms with Crippen LogP contribution in [0.5, 0.6) is 17.2 Å². The van der Waals surface area contributed by atoms with Gasteiger partial charge in [0.05, 0.1) is 19.6 Å². The Kier molecular flexibility index (Phi) is 4.67. The van der Waals surface area contributed by atoms with Gasteiger partial charge in [-0.2, -0.15) is 0 Å². The fourth-order valence-corrected chi connectivity index (χ4v) is 3.36. The lowest BCUT2D eigenvalue weighted by molar-refractivity contribution is -0.305. The summed E-state index contributed by atoms with van der Waals surface area (Å²) < 4.78 is 16.6. The minimum atomic E-state index is -1.52. The van der Waals surface area contributed by atoms with Crippen molar-refractivity contribution in [1.82, 2.24) is 4.90 Å². The van der Waals surface area contributed by atoms with E-state index in [-0.39, 0.29) is 11.1 Å². The second-order valence-corrected chi connectivity index (χ2v) is 6.42. The molecule has 0 atom stereocenters. The van der Waals surface area contributed by atoms with Crippen molar-refractivity contribution in [2.75, 3.05) is 26.9 Å². The Morgan fingerprint density at radius 1 is 1.14 bits per heavy atom. The number of fused-ring (bicyclic) bond motifs is 2. The van der Waals surface area contributed by atoms with Gasteiger partial charge < -0.3 is 24.1 Å². The molecule has 0 bridgehead atoms. The first kappa shape index (κ1) is 18.5. The number of benzene rings is 2. The summed E-state index contributed by atoms with van der Waals surface area (Å²) in [6.45, 7) is -0.0460. The van der Waals surface area contributed by atoms with Crippen LogP contribution in [0.25, 0.3) is 11.6 Å². The van der Waals surface area contributed by atoms with Crippen LogP contribution in [-0.2, 0) is 9.59 Å². The molecule has 0 aliphatic carbocycles. The number of imide groups is 1. The lowest BCUT2D eigenvalue weighted by Crippen LogP contribution is -2.47. The minimum Gasteiger partial charge on any atom is -0.548 e. The first-order chi connectivity index (χ1) is 14.0. The number of carboxylic acids is 1. The van der Waals surface area contributed by atoms with Crippen LogP contribution >= 0.6 is 0 Å². The Bertz CT molecular complexity index is 1040. The number of carbonyl (C=O) groups excluding carboxylic acids is 3. The van der Waals surface area contributed by atoms with Crippen molar-refractivity contribution in [1.29, 1.82) is 0 Å². The molecule has 8 nitrogen and oxygen atoms in total. The first-order valence-corrected chi connectivity index (χ1v) is 8.84. The predicted octanol–water partition coefficient (Wildman–Crippen LogP) is 0.739. The molecular formula is C21H16NO7-. The molecule has 2 aromatic rings. The van der Waals surface area contributed by atoms with Crippen LogP contribution in [0.2, 0.25) is 0 Å². The van der Waals surface area contributed by atoms with Crippen LogP contribution in [0.3, 0.4) is 0 Å². The lowest BCUT2D eigenvalue weighted by Gasteiger charge is -2.29. The van der Waals surface area contributed by atoms with E-state index in [2.05, 4.69) is 0 Å². The SMILES string of the molecule is COc1cc(/C=C2\C(=O)N(CC(=O)[O-])C(=O)c3ccccc32)cc2c1OCCO2. The van der Waals surface area contributed by atoms with Gasteiger partial charge in [-0.1, -0.05) is 18.2 Å². The Hall–Kier alpha value is -3.81. The second-order valence-electron chi connectivity index (χ2n) is 6.42. The number of hydrogen-bond acceptors (Lipinski definition) is 7. The number of carboxylic acid groups (broad SMARTS) is 1. The molecule has 29 heavy (non-hydrogen) atoms. The molecular weight excluding hydrogens is 378 g/mol. The topological polar surface area (TPSA) is 105 Å². The third kappa shape index (κ3) is 3.29. The van der Waals surface area contributed by atoms with Crippen molar-refractivity contribution < 1.29 is 33.7 Å². The molecule has 0 aromatic heterocycles. The molecule has 0 radical (unpaired) electrons. The van der Waals surface area contributed by atoms with Crippen LogP contribution in [0.1, 0.15) is 21.5 Å². The van der Waals surface area contributed by atoms with Crippen LogP contribution in [0, 0.1) is 0 Å². The summed E-state index contributed by atoms with van der Waals surface area (Å²) in [6.07, 6.45) is 1.57. The summed E-state index contributed by atoms with van der Waals surface area (Å²) in [5.41, 5.74) is 1.42. The number of carbonyl (C=O) groups is 3. The summed E-state index contributed by atoms with van der Waals surface area (Å²) in [5, 5.41) is 11.1. The quantitative estimate of drug-likeness (QED) is 0.556. The molecule has 0 saturated heterocycles. The zero-order valence-corrected chi connectivity index (χ0v) is 15.5. The van der Waals surface area contributed by atoms with Crippen molar-refractivity contribution >= 4 is 29.4 Å². The fraction of sp³-hybridized carbons (Fsp3) is 0.190. The van der Waals surface area contributed by atoms with Crippen LogP contribution in [-0.4, -0.2) is 49.6 Å². The van der Waals surface area contributed by atoms with Gasteiger partial charge in [0.15, 0.2) is 11.5 Å². The van der Waals surface area contributed by atoms with E-state index in [1.54, 1.807) is 42.5 Å². The summed E-state index contributed by atoms with van der Waals surface area (Å²) in [7, 11) is 1.49. The molecule has 2 aromatic carbocycles. The molecule has 2 aliphatic heterocycles. The standard InChI is InChI=1S/C21H17NO7/c1-27-16-9-12(10-17-19(16)29-7-6-28-17)8-15-13-4-2-3-5-14(13)20(25)22(21(15)26)11-18(23)24/h2-5,8-10H,6-7,11H2,1H3,(H,23,24)/p-1/b15-8-. The summed E-state index contributed by atoms with van der Waals surface area (Å²) in [5.74, 6) is -1.52. The zero-order chi connectivity index (χ0) is 20.5. The average Bonchev–Trinajstić information content (AvgIpc) is 2.73. The molecule has 148 valence electrons. The molecule has 0 N–H and O–H groups in total. The molecule has 0 spiro atoms. The van der Waals surface area contributed by atoms with Crippen LogP contribution < -0.4 is 19.3 Å². The monoisotopic (exact) mass is 394 g/mol. The van der Waals surface area contributed by atoms with Gasteiger partial charge in [0, 0.05) is 11.1 Å². The van der Waals surface area contributed by atoms with E-state index in [1.807, 2.05) is 0 Å². The number of amides is 2. The first-order valence-electron chi connectivity index (χ1n) is 8.84.